The summed E-state index contributed by atoms with van der Waals surface area (Å²) in [6.07, 6.45) is 0. The van der Waals surface area contributed by atoms with E-state index in [1.54, 1.807) is 22.9 Å². The number of hydrogen-bond acceptors (Lipinski definition) is 5. The van der Waals surface area contributed by atoms with Gasteiger partial charge in [0.1, 0.15) is 0 Å². The van der Waals surface area contributed by atoms with E-state index in [1.165, 1.54) is 11.8 Å². The highest BCUT2D eigenvalue weighted by Gasteiger charge is 2.12. The molecule has 6 nitrogen and oxygen atoms in total. The van der Waals surface area contributed by atoms with Crippen molar-refractivity contribution in [2.45, 2.75) is 25.5 Å². The average molecular weight is 360 g/mol. The first-order chi connectivity index (χ1) is 10.5. The molecule has 118 valence electrons. The number of anilines is 1. The molecule has 0 radical (unpaired) electrons. The summed E-state index contributed by atoms with van der Waals surface area (Å²) in [5.41, 5.74) is 0.488. The molecule has 0 aliphatic rings. The number of aromatic nitrogens is 4. The lowest BCUT2D eigenvalue weighted by molar-refractivity contribution is -0.113. The maximum atomic E-state index is 12.0. The molecule has 1 aromatic carbocycles. The summed E-state index contributed by atoms with van der Waals surface area (Å²) in [7, 11) is 0. The van der Waals surface area contributed by atoms with E-state index in [0.29, 0.717) is 33.4 Å². The third-order valence-electron chi connectivity index (χ3n) is 2.60. The van der Waals surface area contributed by atoms with Gasteiger partial charge >= 0.3 is 0 Å². The van der Waals surface area contributed by atoms with Crippen molar-refractivity contribution in [1.29, 1.82) is 0 Å². The van der Waals surface area contributed by atoms with Crippen LogP contribution in [0.4, 0.5) is 5.69 Å². The number of benzene rings is 1. The Hall–Kier alpha value is -1.31. The maximum Gasteiger partial charge on any atom is 0.234 e. The summed E-state index contributed by atoms with van der Waals surface area (Å²) < 4.78 is 1.69. The van der Waals surface area contributed by atoms with E-state index in [1.807, 2.05) is 0 Å². The monoisotopic (exact) mass is 359 g/mol. The molecular weight excluding hydrogens is 345 g/mol. The molecule has 0 spiro atoms. The van der Waals surface area contributed by atoms with Gasteiger partial charge < -0.3 is 5.32 Å². The van der Waals surface area contributed by atoms with E-state index < -0.39 is 0 Å². The predicted molar refractivity (Wildman–Crippen MR) is 88.5 cm³/mol. The van der Waals surface area contributed by atoms with Crippen LogP contribution in [0.2, 0.25) is 10.0 Å². The van der Waals surface area contributed by atoms with Crippen molar-refractivity contribution in [3.05, 3.63) is 28.2 Å². The molecule has 1 aromatic heterocycles. The lowest BCUT2D eigenvalue weighted by Gasteiger charge is -2.08. The lowest BCUT2D eigenvalue weighted by atomic mass is 10.2. The normalized spacial score (nSPS) is 11.0. The first kappa shape index (κ1) is 17.1. The third kappa shape index (κ3) is 4.59. The number of hydrogen-bond donors (Lipinski definition) is 1. The number of halogens is 2. The zero-order valence-electron chi connectivity index (χ0n) is 12.1. The maximum absolute atomic E-state index is 12.0. The van der Waals surface area contributed by atoms with Gasteiger partial charge in [-0.1, -0.05) is 54.9 Å². The van der Waals surface area contributed by atoms with Crippen LogP contribution in [0.15, 0.2) is 23.4 Å². The molecule has 0 atom stereocenters. The largest absolute Gasteiger partial charge is 0.324 e. The van der Waals surface area contributed by atoms with Crippen molar-refractivity contribution in [3.8, 4) is 0 Å². The van der Waals surface area contributed by atoms with E-state index in [-0.39, 0.29) is 11.7 Å². The van der Waals surface area contributed by atoms with Crippen molar-refractivity contribution < 1.29 is 4.79 Å². The van der Waals surface area contributed by atoms with Crippen molar-refractivity contribution in [1.82, 2.24) is 20.2 Å². The molecule has 0 aliphatic heterocycles. The van der Waals surface area contributed by atoms with Crippen LogP contribution in [0, 0.1) is 5.92 Å². The van der Waals surface area contributed by atoms with Gasteiger partial charge in [-0.3, -0.25) is 4.79 Å². The van der Waals surface area contributed by atoms with Gasteiger partial charge in [0, 0.05) is 6.54 Å². The van der Waals surface area contributed by atoms with E-state index in [2.05, 4.69) is 34.7 Å². The molecule has 2 rings (SSSR count). The van der Waals surface area contributed by atoms with Gasteiger partial charge in [0.25, 0.3) is 0 Å². The van der Waals surface area contributed by atoms with E-state index in [0.717, 1.165) is 0 Å². The second-order valence-corrected chi connectivity index (χ2v) is 6.70. The minimum atomic E-state index is -0.201. The molecule has 1 N–H and O–H groups in total. The van der Waals surface area contributed by atoms with E-state index >= 15 is 0 Å². The molecule has 1 amide bonds. The Balaban J connectivity index is 1.93. The zero-order chi connectivity index (χ0) is 16.1. The van der Waals surface area contributed by atoms with Gasteiger partial charge in [-0.25, -0.2) is 4.68 Å². The smallest absolute Gasteiger partial charge is 0.234 e. The first-order valence-electron chi connectivity index (χ1n) is 6.60. The molecule has 0 saturated carbocycles. The summed E-state index contributed by atoms with van der Waals surface area (Å²) in [6.45, 7) is 4.85. The molecule has 9 heteroatoms. The molecule has 1 heterocycles. The summed E-state index contributed by atoms with van der Waals surface area (Å²) in [5, 5.41) is 15.5. The predicted octanol–water partition coefficient (Wildman–Crippen LogP) is 3.37. The average Bonchev–Trinajstić information content (AvgIpc) is 2.88. The molecule has 2 aromatic rings. The van der Waals surface area contributed by atoms with Crippen molar-refractivity contribution in [2.75, 3.05) is 11.1 Å². The number of thioether (sulfide) groups is 1. The fourth-order valence-corrected chi connectivity index (χ4v) is 2.71. The molecule has 0 saturated heterocycles. The van der Waals surface area contributed by atoms with Crippen molar-refractivity contribution in [3.63, 3.8) is 0 Å². The number of carbonyl (C=O) groups is 1. The summed E-state index contributed by atoms with van der Waals surface area (Å²) in [5.74, 6) is 0.400. The minimum absolute atomic E-state index is 0.182. The molecule has 0 aliphatic carbocycles. The zero-order valence-corrected chi connectivity index (χ0v) is 14.4. The second-order valence-electron chi connectivity index (χ2n) is 4.98. The summed E-state index contributed by atoms with van der Waals surface area (Å²) in [6, 6.07) is 5.08. The number of nitrogens with zero attached hydrogens (tertiary/aromatic N) is 4. The SMILES string of the molecule is CC(C)Cn1nnnc1SCC(=O)Nc1cccc(Cl)c1Cl. The Morgan fingerprint density at radius 3 is 2.91 bits per heavy atom. The summed E-state index contributed by atoms with van der Waals surface area (Å²) >= 11 is 13.2. The van der Waals surface area contributed by atoms with Crippen LogP contribution in [0.1, 0.15) is 13.8 Å². The highest BCUT2D eigenvalue weighted by molar-refractivity contribution is 7.99. The topological polar surface area (TPSA) is 72.7 Å². The fraction of sp³-hybridized carbons (Fsp3) is 0.385. The minimum Gasteiger partial charge on any atom is -0.324 e. The number of tetrazole rings is 1. The van der Waals surface area contributed by atoms with Crippen LogP contribution in [-0.4, -0.2) is 31.9 Å². The third-order valence-corrected chi connectivity index (χ3v) is 4.37. The molecule has 0 bridgehead atoms. The van der Waals surface area contributed by atoms with Gasteiger partial charge in [-0.15, -0.1) is 5.10 Å². The Kier molecular flexibility index (Phi) is 6.05. The van der Waals surface area contributed by atoms with Crippen molar-refractivity contribution >= 4 is 46.6 Å². The van der Waals surface area contributed by atoms with Crippen LogP contribution in [0.5, 0.6) is 0 Å². The Bertz CT molecular complexity index is 662. The number of nitrogens with one attached hydrogen (secondary N) is 1. The highest BCUT2D eigenvalue weighted by Crippen LogP contribution is 2.29. The number of carbonyl (C=O) groups excluding carboxylic acids is 1. The molecule has 0 fully saturated rings. The second kappa shape index (κ2) is 7.80. The quantitative estimate of drug-likeness (QED) is 0.800. The van der Waals surface area contributed by atoms with Gasteiger partial charge in [-0.05, 0) is 28.5 Å². The van der Waals surface area contributed by atoms with Gasteiger partial charge in [0.15, 0.2) is 0 Å². The fourth-order valence-electron chi connectivity index (χ4n) is 1.68. The molecular formula is C13H15Cl2N5OS. The van der Waals surface area contributed by atoms with Crippen LogP contribution in [-0.2, 0) is 11.3 Å². The van der Waals surface area contributed by atoms with Crippen LogP contribution in [0.3, 0.4) is 0 Å². The van der Waals surface area contributed by atoms with Crippen LogP contribution in [0.25, 0.3) is 0 Å². The number of rotatable bonds is 6. The van der Waals surface area contributed by atoms with Crippen molar-refractivity contribution in [2.24, 2.45) is 5.92 Å². The standard InChI is InChI=1S/C13H15Cl2N5OS/c1-8(2)6-20-13(17-18-19-20)22-7-11(21)16-10-5-3-4-9(14)12(10)15/h3-5,8H,6-7H2,1-2H3,(H,16,21). The number of amides is 1. The molecule has 0 unspecified atom stereocenters. The Morgan fingerprint density at radius 1 is 1.41 bits per heavy atom. The van der Waals surface area contributed by atoms with Gasteiger partial charge in [-0.2, -0.15) is 0 Å². The summed E-state index contributed by atoms with van der Waals surface area (Å²) in [4.78, 5) is 12.0. The first-order valence-corrected chi connectivity index (χ1v) is 8.34. The van der Waals surface area contributed by atoms with Gasteiger partial charge in [0.2, 0.25) is 11.1 Å². The highest BCUT2D eigenvalue weighted by atomic mass is 35.5. The van der Waals surface area contributed by atoms with E-state index in [9.17, 15) is 4.79 Å². The lowest BCUT2D eigenvalue weighted by Crippen LogP contribution is -2.15. The Morgan fingerprint density at radius 2 is 2.18 bits per heavy atom. The molecule has 22 heavy (non-hydrogen) atoms. The van der Waals surface area contributed by atoms with Crippen LogP contribution < -0.4 is 5.32 Å². The Labute approximate surface area is 142 Å². The van der Waals surface area contributed by atoms with E-state index in [4.69, 9.17) is 23.2 Å². The van der Waals surface area contributed by atoms with Gasteiger partial charge in [0.05, 0.1) is 21.5 Å². The van der Waals surface area contributed by atoms with Crippen LogP contribution >= 0.6 is 35.0 Å².